The lowest BCUT2D eigenvalue weighted by Crippen LogP contribution is -2.16. The van der Waals surface area contributed by atoms with Crippen LogP contribution in [-0.2, 0) is 6.54 Å². The SMILES string of the molecule is CCCn1nncc1C(=O)CSC(C)(C)C. The molecule has 1 aromatic heterocycles. The Kier molecular flexibility index (Phi) is 4.53. The van der Waals surface area contributed by atoms with Gasteiger partial charge in [0.25, 0.3) is 0 Å². The minimum Gasteiger partial charge on any atom is -0.291 e. The second kappa shape index (κ2) is 5.48. The molecule has 1 rings (SSSR count). The molecule has 0 atom stereocenters. The fraction of sp³-hybridized carbons (Fsp3) is 0.727. The molecular weight excluding hydrogens is 222 g/mol. The molecule has 0 bridgehead atoms. The van der Waals surface area contributed by atoms with Crippen molar-refractivity contribution in [2.75, 3.05) is 5.75 Å². The number of rotatable bonds is 5. The van der Waals surface area contributed by atoms with E-state index in [1.165, 1.54) is 0 Å². The van der Waals surface area contributed by atoms with E-state index in [-0.39, 0.29) is 10.5 Å². The molecule has 0 aromatic carbocycles. The van der Waals surface area contributed by atoms with Crippen LogP contribution < -0.4 is 0 Å². The maximum atomic E-state index is 11.9. The molecule has 4 nitrogen and oxygen atoms in total. The molecule has 0 saturated heterocycles. The average molecular weight is 241 g/mol. The maximum Gasteiger partial charge on any atom is 0.192 e. The summed E-state index contributed by atoms with van der Waals surface area (Å²) in [6, 6.07) is 0. The zero-order valence-electron chi connectivity index (χ0n) is 10.4. The van der Waals surface area contributed by atoms with E-state index in [0.29, 0.717) is 11.4 Å². The van der Waals surface area contributed by atoms with Gasteiger partial charge in [0.05, 0.1) is 11.9 Å². The second-order valence-corrected chi connectivity index (χ2v) is 6.47. The quantitative estimate of drug-likeness (QED) is 0.743. The molecule has 0 unspecified atom stereocenters. The van der Waals surface area contributed by atoms with Gasteiger partial charge in [-0.25, -0.2) is 4.68 Å². The number of nitrogens with zero attached hydrogens (tertiary/aromatic N) is 3. The minimum atomic E-state index is 0.110. The Labute approximate surface area is 101 Å². The van der Waals surface area contributed by atoms with Crippen molar-refractivity contribution in [3.05, 3.63) is 11.9 Å². The first kappa shape index (κ1) is 13.2. The standard InChI is InChI=1S/C11H19N3OS/c1-5-6-14-9(7-12-13-14)10(15)8-16-11(2,3)4/h7H,5-6,8H2,1-4H3. The van der Waals surface area contributed by atoms with Crippen LogP contribution in [0.2, 0.25) is 0 Å². The van der Waals surface area contributed by atoms with Crippen molar-refractivity contribution in [3.8, 4) is 0 Å². The van der Waals surface area contributed by atoms with Crippen LogP contribution in [-0.4, -0.2) is 31.3 Å². The third kappa shape index (κ3) is 3.96. The molecule has 16 heavy (non-hydrogen) atoms. The molecule has 0 aliphatic rings. The van der Waals surface area contributed by atoms with Crippen molar-refractivity contribution >= 4 is 17.5 Å². The van der Waals surface area contributed by atoms with E-state index < -0.39 is 0 Å². The number of aromatic nitrogens is 3. The Morgan fingerprint density at radius 1 is 1.50 bits per heavy atom. The van der Waals surface area contributed by atoms with Crippen molar-refractivity contribution in [1.82, 2.24) is 15.0 Å². The smallest absolute Gasteiger partial charge is 0.192 e. The van der Waals surface area contributed by atoms with Crippen LogP contribution in [0.25, 0.3) is 0 Å². The number of Topliss-reactive ketones (excluding diaryl/α,β-unsaturated/α-hetero) is 1. The minimum absolute atomic E-state index is 0.110. The van der Waals surface area contributed by atoms with Crippen molar-refractivity contribution in [2.24, 2.45) is 0 Å². The van der Waals surface area contributed by atoms with Crippen molar-refractivity contribution in [3.63, 3.8) is 0 Å². The van der Waals surface area contributed by atoms with E-state index in [1.807, 2.05) is 0 Å². The number of carbonyl (C=O) groups excluding carboxylic acids is 1. The Bertz CT molecular complexity index is 354. The molecule has 0 radical (unpaired) electrons. The van der Waals surface area contributed by atoms with Gasteiger partial charge in [0.1, 0.15) is 5.69 Å². The van der Waals surface area contributed by atoms with Gasteiger partial charge >= 0.3 is 0 Å². The molecule has 0 N–H and O–H groups in total. The van der Waals surface area contributed by atoms with E-state index in [9.17, 15) is 4.79 Å². The summed E-state index contributed by atoms with van der Waals surface area (Å²) >= 11 is 1.65. The summed E-state index contributed by atoms with van der Waals surface area (Å²) in [5, 5.41) is 7.70. The fourth-order valence-corrected chi connectivity index (χ4v) is 1.92. The highest BCUT2D eigenvalue weighted by atomic mass is 32.2. The normalized spacial score (nSPS) is 11.8. The van der Waals surface area contributed by atoms with Gasteiger partial charge in [-0.2, -0.15) is 0 Å². The van der Waals surface area contributed by atoms with Crippen LogP contribution >= 0.6 is 11.8 Å². The summed E-state index contributed by atoms with van der Waals surface area (Å²) in [4.78, 5) is 11.9. The van der Waals surface area contributed by atoms with Gasteiger partial charge in [-0.15, -0.1) is 16.9 Å². The van der Waals surface area contributed by atoms with Crippen molar-refractivity contribution in [1.29, 1.82) is 0 Å². The number of thioether (sulfide) groups is 1. The van der Waals surface area contributed by atoms with Crippen LogP contribution in [0.15, 0.2) is 6.20 Å². The molecule has 1 aromatic rings. The lowest BCUT2D eigenvalue weighted by Gasteiger charge is -2.16. The Balaban J connectivity index is 2.62. The van der Waals surface area contributed by atoms with Gasteiger partial charge in [0.2, 0.25) is 0 Å². The highest BCUT2D eigenvalue weighted by Crippen LogP contribution is 2.23. The van der Waals surface area contributed by atoms with Gasteiger partial charge in [-0.3, -0.25) is 4.79 Å². The third-order valence-electron chi connectivity index (χ3n) is 1.98. The Hall–Kier alpha value is -0.840. The van der Waals surface area contributed by atoms with Crippen LogP contribution in [0.3, 0.4) is 0 Å². The van der Waals surface area contributed by atoms with E-state index in [0.717, 1.165) is 13.0 Å². The fourth-order valence-electron chi connectivity index (χ4n) is 1.21. The first-order valence-corrected chi connectivity index (χ1v) is 6.48. The van der Waals surface area contributed by atoms with Crippen LogP contribution in [0.1, 0.15) is 44.6 Å². The Morgan fingerprint density at radius 3 is 2.75 bits per heavy atom. The topological polar surface area (TPSA) is 47.8 Å². The zero-order valence-corrected chi connectivity index (χ0v) is 11.2. The molecule has 0 aliphatic heterocycles. The van der Waals surface area contributed by atoms with Gasteiger partial charge < -0.3 is 0 Å². The molecule has 0 aliphatic carbocycles. The summed E-state index contributed by atoms with van der Waals surface area (Å²) < 4.78 is 1.80. The molecule has 90 valence electrons. The number of ketones is 1. The lowest BCUT2D eigenvalue weighted by molar-refractivity contribution is 0.101. The van der Waals surface area contributed by atoms with Crippen molar-refractivity contribution in [2.45, 2.75) is 45.4 Å². The number of aryl methyl sites for hydroxylation is 1. The predicted molar refractivity (Wildman–Crippen MR) is 66.9 cm³/mol. The van der Waals surface area contributed by atoms with Gasteiger partial charge in [0.15, 0.2) is 5.78 Å². The molecular formula is C11H19N3OS. The molecule has 0 spiro atoms. The monoisotopic (exact) mass is 241 g/mol. The molecule has 1 heterocycles. The van der Waals surface area contributed by atoms with Gasteiger partial charge in [-0.1, -0.05) is 32.9 Å². The number of carbonyl (C=O) groups is 1. The van der Waals surface area contributed by atoms with Gasteiger partial charge in [-0.05, 0) is 6.42 Å². The summed E-state index contributed by atoms with van der Waals surface area (Å²) in [6.45, 7) is 9.12. The number of hydrogen-bond acceptors (Lipinski definition) is 4. The summed E-state index contributed by atoms with van der Waals surface area (Å²) in [5.41, 5.74) is 0.624. The lowest BCUT2D eigenvalue weighted by atomic mass is 10.3. The number of hydrogen-bond donors (Lipinski definition) is 0. The highest BCUT2D eigenvalue weighted by Gasteiger charge is 2.17. The summed E-state index contributed by atoms with van der Waals surface area (Å²) in [5.74, 6) is 0.596. The van der Waals surface area contributed by atoms with E-state index in [4.69, 9.17) is 0 Å². The van der Waals surface area contributed by atoms with Crippen LogP contribution in [0, 0.1) is 0 Å². The summed E-state index contributed by atoms with van der Waals surface area (Å²) in [6.07, 6.45) is 2.51. The second-order valence-electron chi connectivity index (χ2n) is 4.67. The first-order chi connectivity index (χ1) is 7.44. The van der Waals surface area contributed by atoms with Crippen LogP contribution in [0.5, 0.6) is 0 Å². The maximum absolute atomic E-state index is 11.9. The molecule has 5 heteroatoms. The third-order valence-corrected chi connectivity index (χ3v) is 3.25. The van der Waals surface area contributed by atoms with Crippen molar-refractivity contribution < 1.29 is 4.79 Å². The predicted octanol–water partition coefficient (Wildman–Crippen LogP) is 2.40. The van der Waals surface area contributed by atoms with Gasteiger partial charge in [0, 0.05) is 11.3 Å². The van der Waals surface area contributed by atoms with E-state index in [2.05, 4.69) is 38.0 Å². The molecule has 0 fully saturated rings. The zero-order chi connectivity index (χ0) is 12.2. The Morgan fingerprint density at radius 2 is 2.19 bits per heavy atom. The molecule has 0 saturated carbocycles. The van der Waals surface area contributed by atoms with Crippen LogP contribution in [0.4, 0.5) is 0 Å². The average Bonchev–Trinajstić information content (AvgIpc) is 2.62. The van der Waals surface area contributed by atoms with E-state index in [1.54, 1.807) is 22.6 Å². The highest BCUT2D eigenvalue weighted by molar-refractivity contribution is 8.01. The van der Waals surface area contributed by atoms with E-state index >= 15 is 0 Å². The molecule has 0 amide bonds. The summed E-state index contributed by atoms with van der Waals surface area (Å²) in [7, 11) is 0. The first-order valence-electron chi connectivity index (χ1n) is 5.49. The largest absolute Gasteiger partial charge is 0.291 e.